The van der Waals surface area contributed by atoms with Crippen molar-refractivity contribution >= 4 is 44.4 Å². The molecule has 3 rings (SSSR count). The number of hydrogen-bond acceptors (Lipinski definition) is 3. The second-order valence-electron chi connectivity index (χ2n) is 4.50. The van der Waals surface area contributed by atoms with Gasteiger partial charge in [0, 0.05) is 22.8 Å². The van der Waals surface area contributed by atoms with Gasteiger partial charge in [0.2, 0.25) is 0 Å². The molecule has 0 atom stereocenters. The van der Waals surface area contributed by atoms with Gasteiger partial charge in [0.25, 0.3) is 0 Å². The average Bonchev–Trinajstić information content (AvgIpc) is 2.78. The number of carbonyl (C=O) groups is 1. The van der Waals surface area contributed by atoms with Crippen LogP contribution in [0.25, 0.3) is 11.1 Å². The number of hydrogen-bond donors (Lipinski definition) is 2. The summed E-state index contributed by atoms with van der Waals surface area (Å²) in [5, 5.41) is 5.52. The van der Waals surface area contributed by atoms with Gasteiger partial charge in [-0.05, 0) is 36.4 Å². The maximum Gasteiger partial charge on any atom is 0.323 e. The van der Waals surface area contributed by atoms with Crippen molar-refractivity contribution in [2.45, 2.75) is 6.92 Å². The number of aromatic nitrogens is 1. The zero-order valence-electron chi connectivity index (χ0n) is 11.2. The van der Waals surface area contributed by atoms with E-state index in [0.29, 0.717) is 28.4 Å². The minimum absolute atomic E-state index is 0.312. The Morgan fingerprint density at radius 3 is 2.67 bits per heavy atom. The molecule has 0 saturated carbocycles. The number of aryl methyl sites for hydroxylation is 1. The molecular weight excluding hydrogens is 334 g/mol. The molecule has 6 heteroatoms. The molecule has 0 fully saturated rings. The van der Waals surface area contributed by atoms with Crippen molar-refractivity contribution in [3.8, 4) is 0 Å². The first-order chi connectivity index (χ1) is 10.1. The van der Waals surface area contributed by atoms with Crippen molar-refractivity contribution in [2.75, 3.05) is 10.6 Å². The van der Waals surface area contributed by atoms with E-state index in [1.54, 1.807) is 25.1 Å². The van der Waals surface area contributed by atoms with Gasteiger partial charge in [-0.1, -0.05) is 22.0 Å². The normalized spacial score (nSPS) is 10.6. The highest BCUT2D eigenvalue weighted by atomic mass is 79.9. The number of oxazole rings is 1. The molecule has 5 nitrogen and oxygen atoms in total. The highest BCUT2D eigenvalue weighted by Gasteiger charge is 2.06. The predicted octanol–water partition coefficient (Wildman–Crippen LogP) is 4.54. The van der Waals surface area contributed by atoms with Gasteiger partial charge in [0.05, 0.1) is 0 Å². The van der Waals surface area contributed by atoms with Crippen molar-refractivity contribution in [2.24, 2.45) is 0 Å². The molecule has 106 valence electrons. The van der Waals surface area contributed by atoms with E-state index in [2.05, 4.69) is 31.5 Å². The summed E-state index contributed by atoms with van der Waals surface area (Å²) >= 11 is 3.36. The Morgan fingerprint density at radius 1 is 1.14 bits per heavy atom. The van der Waals surface area contributed by atoms with E-state index in [9.17, 15) is 4.79 Å². The van der Waals surface area contributed by atoms with Gasteiger partial charge < -0.3 is 15.1 Å². The Bertz CT molecular complexity index is 814. The fraction of sp³-hybridized carbons (Fsp3) is 0.0667. The fourth-order valence-corrected chi connectivity index (χ4v) is 2.38. The van der Waals surface area contributed by atoms with E-state index in [1.165, 1.54) is 0 Å². The molecule has 2 N–H and O–H groups in total. The molecule has 1 heterocycles. The molecule has 0 radical (unpaired) electrons. The number of nitrogens with one attached hydrogen (secondary N) is 2. The Labute approximate surface area is 129 Å². The smallest absolute Gasteiger partial charge is 0.323 e. The molecule has 3 aromatic rings. The van der Waals surface area contributed by atoms with Gasteiger partial charge in [-0.25, -0.2) is 9.78 Å². The van der Waals surface area contributed by atoms with Crippen LogP contribution in [0, 0.1) is 6.92 Å². The quantitative estimate of drug-likeness (QED) is 0.716. The number of benzene rings is 2. The molecule has 2 amide bonds. The number of rotatable bonds is 2. The maximum absolute atomic E-state index is 12.0. The Morgan fingerprint density at radius 2 is 1.90 bits per heavy atom. The zero-order valence-corrected chi connectivity index (χ0v) is 12.8. The molecule has 0 aliphatic carbocycles. The summed E-state index contributed by atoms with van der Waals surface area (Å²) in [6.45, 7) is 1.78. The van der Waals surface area contributed by atoms with E-state index in [4.69, 9.17) is 4.42 Å². The van der Waals surface area contributed by atoms with Crippen LogP contribution in [0.2, 0.25) is 0 Å². The van der Waals surface area contributed by atoms with Gasteiger partial charge in [-0.15, -0.1) is 0 Å². The Balaban J connectivity index is 1.73. The lowest BCUT2D eigenvalue weighted by Crippen LogP contribution is -2.19. The highest BCUT2D eigenvalue weighted by Crippen LogP contribution is 2.20. The second-order valence-corrected chi connectivity index (χ2v) is 5.42. The van der Waals surface area contributed by atoms with Crippen LogP contribution >= 0.6 is 15.9 Å². The average molecular weight is 346 g/mol. The molecule has 0 unspecified atom stereocenters. The van der Waals surface area contributed by atoms with Gasteiger partial charge >= 0.3 is 6.03 Å². The lowest BCUT2D eigenvalue weighted by Gasteiger charge is -2.07. The summed E-state index contributed by atoms with van der Waals surface area (Å²) in [7, 11) is 0. The maximum atomic E-state index is 12.0. The monoisotopic (exact) mass is 345 g/mol. The van der Waals surface area contributed by atoms with Gasteiger partial charge in [0.15, 0.2) is 11.5 Å². The summed E-state index contributed by atoms with van der Waals surface area (Å²) in [6, 6.07) is 12.4. The largest absolute Gasteiger partial charge is 0.441 e. The molecule has 2 aromatic carbocycles. The van der Waals surface area contributed by atoms with Gasteiger partial charge in [-0.3, -0.25) is 0 Å². The number of amides is 2. The van der Waals surface area contributed by atoms with Crippen molar-refractivity contribution in [1.29, 1.82) is 0 Å². The SMILES string of the molecule is Cc1nc2cc(NC(=O)Nc3cccc(Br)c3)ccc2o1. The molecule has 0 aliphatic heterocycles. The summed E-state index contributed by atoms with van der Waals surface area (Å²) in [5.74, 6) is 0.598. The first kappa shape index (κ1) is 13.6. The van der Waals surface area contributed by atoms with E-state index in [0.717, 1.165) is 4.47 Å². The fourth-order valence-electron chi connectivity index (χ4n) is 1.98. The topological polar surface area (TPSA) is 67.2 Å². The lowest BCUT2D eigenvalue weighted by atomic mass is 10.3. The molecule has 0 bridgehead atoms. The van der Waals surface area contributed by atoms with E-state index in [1.807, 2.05) is 24.3 Å². The molecular formula is C15H12BrN3O2. The van der Waals surface area contributed by atoms with Crippen LogP contribution < -0.4 is 10.6 Å². The van der Waals surface area contributed by atoms with Crippen molar-refractivity contribution in [3.63, 3.8) is 0 Å². The van der Waals surface area contributed by atoms with E-state index >= 15 is 0 Å². The summed E-state index contributed by atoms with van der Waals surface area (Å²) in [6.07, 6.45) is 0. The number of anilines is 2. The van der Waals surface area contributed by atoms with Crippen molar-refractivity contribution in [3.05, 3.63) is 52.8 Å². The highest BCUT2D eigenvalue weighted by molar-refractivity contribution is 9.10. The second kappa shape index (κ2) is 5.57. The third-order valence-electron chi connectivity index (χ3n) is 2.83. The van der Waals surface area contributed by atoms with E-state index in [-0.39, 0.29) is 6.03 Å². The van der Waals surface area contributed by atoms with Crippen molar-refractivity contribution < 1.29 is 9.21 Å². The van der Waals surface area contributed by atoms with Gasteiger partial charge in [-0.2, -0.15) is 0 Å². The van der Waals surface area contributed by atoms with Gasteiger partial charge in [0.1, 0.15) is 5.52 Å². The predicted molar refractivity (Wildman–Crippen MR) is 85.5 cm³/mol. The van der Waals surface area contributed by atoms with Crippen LogP contribution in [0.1, 0.15) is 5.89 Å². The first-order valence-corrected chi connectivity index (χ1v) is 7.10. The summed E-state index contributed by atoms with van der Waals surface area (Å²) in [5.41, 5.74) is 2.78. The van der Waals surface area contributed by atoms with Crippen LogP contribution in [-0.4, -0.2) is 11.0 Å². The van der Waals surface area contributed by atoms with Crippen LogP contribution in [0.15, 0.2) is 51.4 Å². The standard InChI is InChI=1S/C15H12BrN3O2/c1-9-17-13-8-12(5-6-14(13)21-9)19-15(20)18-11-4-2-3-10(16)7-11/h2-8H,1H3,(H2,18,19,20). The summed E-state index contributed by atoms with van der Waals surface area (Å²) in [4.78, 5) is 16.2. The third-order valence-corrected chi connectivity index (χ3v) is 3.33. The van der Waals surface area contributed by atoms with Crippen LogP contribution in [0.5, 0.6) is 0 Å². The number of fused-ring (bicyclic) bond motifs is 1. The minimum atomic E-state index is -0.312. The summed E-state index contributed by atoms with van der Waals surface area (Å²) < 4.78 is 6.29. The van der Waals surface area contributed by atoms with Crippen molar-refractivity contribution in [1.82, 2.24) is 4.98 Å². The van der Waals surface area contributed by atoms with Crippen LogP contribution in [0.3, 0.4) is 0 Å². The minimum Gasteiger partial charge on any atom is -0.441 e. The van der Waals surface area contributed by atoms with E-state index < -0.39 is 0 Å². The number of carbonyl (C=O) groups excluding carboxylic acids is 1. The number of urea groups is 1. The molecule has 0 saturated heterocycles. The zero-order chi connectivity index (χ0) is 14.8. The number of halogens is 1. The molecule has 0 aliphatic rings. The Kier molecular flexibility index (Phi) is 3.62. The number of nitrogens with zero attached hydrogens (tertiary/aromatic N) is 1. The third kappa shape index (κ3) is 3.22. The molecule has 21 heavy (non-hydrogen) atoms. The van der Waals surface area contributed by atoms with Crippen LogP contribution in [0.4, 0.5) is 16.2 Å². The molecule has 1 aromatic heterocycles. The van der Waals surface area contributed by atoms with Crippen LogP contribution in [-0.2, 0) is 0 Å². The lowest BCUT2D eigenvalue weighted by molar-refractivity contribution is 0.262. The first-order valence-electron chi connectivity index (χ1n) is 6.31. The molecule has 0 spiro atoms. The Hall–Kier alpha value is -2.34.